The largest absolute Gasteiger partial charge is 0.272 e. The Morgan fingerprint density at radius 1 is 1.50 bits per heavy atom. The number of allylic oxidation sites excluding steroid dienone is 1. The summed E-state index contributed by atoms with van der Waals surface area (Å²) in [4.78, 5) is 12.0. The zero-order valence-corrected chi connectivity index (χ0v) is 11.0. The van der Waals surface area contributed by atoms with Crippen molar-refractivity contribution in [3.05, 3.63) is 35.5 Å². The van der Waals surface area contributed by atoms with Crippen LogP contribution in [0.2, 0.25) is 0 Å². The molecule has 0 saturated heterocycles. The Balaban J connectivity index is 1.63. The number of carbonyl (C=O) groups excluding carboxylic acids is 1. The van der Waals surface area contributed by atoms with Crippen LogP contribution in [0.1, 0.15) is 36.2 Å². The van der Waals surface area contributed by atoms with E-state index in [4.69, 9.17) is 0 Å². The van der Waals surface area contributed by atoms with Gasteiger partial charge in [-0.05, 0) is 36.8 Å². The van der Waals surface area contributed by atoms with Crippen molar-refractivity contribution in [2.24, 2.45) is 5.92 Å². The van der Waals surface area contributed by atoms with Crippen LogP contribution < -0.4 is 0 Å². The van der Waals surface area contributed by atoms with Crippen molar-refractivity contribution in [3.63, 3.8) is 0 Å². The summed E-state index contributed by atoms with van der Waals surface area (Å²) < 4.78 is 1.50. The summed E-state index contributed by atoms with van der Waals surface area (Å²) in [7, 11) is 0. The summed E-state index contributed by atoms with van der Waals surface area (Å²) >= 11 is 1.82. The van der Waals surface area contributed by atoms with Crippen molar-refractivity contribution in [2.75, 3.05) is 0 Å². The molecule has 3 rings (SSSR count). The molecule has 1 aliphatic carbocycles. The van der Waals surface area contributed by atoms with Crippen LogP contribution in [0, 0.1) is 5.92 Å². The SMILES string of the molecule is O=C(C1CCC1)n1ccc(/C=C/C2CC=CS2)n1. The standard InChI is InChI=1S/C14H16N2OS/c17-14(11-3-1-4-11)16-9-8-12(15-16)6-7-13-5-2-10-18-13/h2,6-11,13H,1,3-5H2/b7-6+. The predicted octanol–water partition coefficient (Wildman–Crippen LogP) is 3.36. The Morgan fingerprint density at radius 3 is 3.06 bits per heavy atom. The zero-order chi connectivity index (χ0) is 12.4. The fraction of sp³-hybridized carbons (Fsp3) is 0.429. The maximum Gasteiger partial charge on any atom is 0.249 e. The first-order chi connectivity index (χ1) is 8.83. The summed E-state index contributed by atoms with van der Waals surface area (Å²) in [5.41, 5.74) is 0.871. The molecule has 0 bridgehead atoms. The van der Waals surface area contributed by atoms with Gasteiger partial charge in [0.1, 0.15) is 0 Å². The van der Waals surface area contributed by atoms with Crippen LogP contribution in [0.4, 0.5) is 0 Å². The topological polar surface area (TPSA) is 34.9 Å². The molecular weight excluding hydrogens is 244 g/mol. The van der Waals surface area contributed by atoms with E-state index in [9.17, 15) is 4.79 Å². The second-order valence-corrected chi connectivity index (χ2v) is 5.94. The zero-order valence-electron chi connectivity index (χ0n) is 10.2. The Labute approximate surface area is 111 Å². The normalized spacial score (nSPS) is 23.7. The molecule has 4 heteroatoms. The highest BCUT2D eigenvalue weighted by atomic mass is 32.2. The molecule has 2 aliphatic rings. The molecule has 94 valence electrons. The molecule has 0 amide bonds. The number of carbonyl (C=O) groups is 1. The fourth-order valence-corrected chi connectivity index (χ4v) is 2.94. The van der Waals surface area contributed by atoms with Gasteiger partial charge in [-0.15, -0.1) is 11.8 Å². The maximum absolute atomic E-state index is 12.0. The quantitative estimate of drug-likeness (QED) is 0.836. The molecule has 0 N–H and O–H groups in total. The highest BCUT2D eigenvalue weighted by molar-refractivity contribution is 8.03. The van der Waals surface area contributed by atoms with E-state index in [2.05, 4.69) is 22.7 Å². The Bertz CT molecular complexity index is 492. The Hall–Kier alpha value is -1.29. The third-order valence-corrected chi connectivity index (χ3v) is 4.54. The lowest BCUT2D eigenvalue weighted by Crippen LogP contribution is -2.27. The molecule has 1 atom stereocenters. The second kappa shape index (κ2) is 5.14. The van der Waals surface area contributed by atoms with Crippen LogP contribution in [0.25, 0.3) is 6.08 Å². The van der Waals surface area contributed by atoms with Crippen LogP contribution in [0.15, 0.2) is 29.8 Å². The van der Waals surface area contributed by atoms with Gasteiger partial charge >= 0.3 is 0 Å². The van der Waals surface area contributed by atoms with Gasteiger partial charge in [-0.25, -0.2) is 4.68 Å². The van der Waals surface area contributed by atoms with E-state index in [1.165, 1.54) is 11.1 Å². The van der Waals surface area contributed by atoms with E-state index in [1.807, 2.05) is 23.9 Å². The lowest BCUT2D eigenvalue weighted by molar-refractivity contribution is 0.0747. The first kappa shape index (κ1) is 11.8. The average molecular weight is 260 g/mol. The number of hydrogen-bond acceptors (Lipinski definition) is 3. The smallest absolute Gasteiger partial charge is 0.249 e. The van der Waals surface area contributed by atoms with Gasteiger partial charge in [0.25, 0.3) is 0 Å². The minimum Gasteiger partial charge on any atom is -0.272 e. The van der Waals surface area contributed by atoms with E-state index in [1.54, 1.807) is 6.20 Å². The van der Waals surface area contributed by atoms with Gasteiger partial charge in [0.15, 0.2) is 0 Å². The number of rotatable bonds is 3. The van der Waals surface area contributed by atoms with E-state index >= 15 is 0 Å². The average Bonchev–Trinajstić information content (AvgIpc) is 2.95. The van der Waals surface area contributed by atoms with Gasteiger partial charge in [0.2, 0.25) is 5.91 Å². The maximum atomic E-state index is 12.0. The van der Waals surface area contributed by atoms with Crippen LogP contribution >= 0.6 is 11.8 Å². The Morgan fingerprint density at radius 2 is 2.39 bits per heavy atom. The van der Waals surface area contributed by atoms with E-state index in [0.717, 1.165) is 25.0 Å². The highest BCUT2D eigenvalue weighted by Crippen LogP contribution is 2.28. The molecular formula is C14H16N2OS. The highest BCUT2D eigenvalue weighted by Gasteiger charge is 2.26. The van der Waals surface area contributed by atoms with E-state index in [-0.39, 0.29) is 11.8 Å². The van der Waals surface area contributed by atoms with Crippen molar-refractivity contribution in [3.8, 4) is 0 Å². The van der Waals surface area contributed by atoms with Gasteiger partial charge in [-0.2, -0.15) is 5.10 Å². The van der Waals surface area contributed by atoms with Gasteiger partial charge in [-0.1, -0.05) is 18.6 Å². The number of aromatic nitrogens is 2. The van der Waals surface area contributed by atoms with Gasteiger partial charge in [0, 0.05) is 17.4 Å². The summed E-state index contributed by atoms with van der Waals surface area (Å²) in [6.07, 6.45) is 12.4. The van der Waals surface area contributed by atoms with Crippen molar-refractivity contribution in [2.45, 2.75) is 30.9 Å². The number of nitrogens with zero attached hydrogens (tertiary/aromatic N) is 2. The third-order valence-electron chi connectivity index (χ3n) is 3.49. The Kier molecular flexibility index (Phi) is 3.37. The van der Waals surface area contributed by atoms with Gasteiger partial charge < -0.3 is 0 Å². The minimum atomic E-state index is 0.151. The van der Waals surface area contributed by atoms with Crippen LogP contribution in [-0.2, 0) is 0 Å². The molecule has 1 saturated carbocycles. The molecule has 1 aromatic rings. The molecule has 1 fully saturated rings. The monoisotopic (exact) mass is 260 g/mol. The predicted molar refractivity (Wildman–Crippen MR) is 74.4 cm³/mol. The summed E-state index contributed by atoms with van der Waals surface area (Å²) in [5.74, 6) is 0.356. The molecule has 0 spiro atoms. The summed E-state index contributed by atoms with van der Waals surface area (Å²) in [6, 6.07) is 1.90. The number of hydrogen-bond donors (Lipinski definition) is 0. The van der Waals surface area contributed by atoms with Crippen LogP contribution in [0.3, 0.4) is 0 Å². The van der Waals surface area contributed by atoms with Crippen molar-refractivity contribution < 1.29 is 4.79 Å². The molecule has 1 aliphatic heterocycles. The van der Waals surface area contributed by atoms with Crippen LogP contribution in [0.5, 0.6) is 0 Å². The lowest BCUT2D eigenvalue weighted by Gasteiger charge is -2.22. The number of thioether (sulfide) groups is 1. The van der Waals surface area contributed by atoms with Gasteiger partial charge in [-0.3, -0.25) is 4.79 Å². The minimum absolute atomic E-state index is 0.151. The first-order valence-electron chi connectivity index (χ1n) is 6.41. The molecule has 0 radical (unpaired) electrons. The summed E-state index contributed by atoms with van der Waals surface area (Å²) in [6.45, 7) is 0. The van der Waals surface area contributed by atoms with Crippen molar-refractivity contribution in [1.29, 1.82) is 0 Å². The molecule has 2 heterocycles. The van der Waals surface area contributed by atoms with E-state index < -0.39 is 0 Å². The molecule has 3 nitrogen and oxygen atoms in total. The molecule has 0 aromatic carbocycles. The third kappa shape index (κ3) is 2.43. The van der Waals surface area contributed by atoms with Crippen molar-refractivity contribution >= 4 is 23.7 Å². The van der Waals surface area contributed by atoms with E-state index in [0.29, 0.717) is 5.25 Å². The molecule has 18 heavy (non-hydrogen) atoms. The second-order valence-electron chi connectivity index (χ2n) is 4.79. The van der Waals surface area contributed by atoms with Crippen LogP contribution in [-0.4, -0.2) is 20.9 Å². The molecule has 1 unspecified atom stereocenters. The molecule has 1 aromatic heterocycles. The van der Waals surface area contributed by atoms with Crippen molar-refractivity contribution in [1.82, 2.24) is 9.78 Å². The lowest BCUT2D eigenvalue weighted by atomic mass is 9.85. The first-order valence-corrected chi connectivity index (χ1v) is 7.36. The summed E-state index contributed by atoms with van der Waals surface area (Å²) in [5, 5.41) is 6.98. The van der Waals surface area contributed by atoms with Gasteiger partial charge in [0.05, 0.1) is 5.69 Å². The fourth-order valence-electron chi connectivity index (χ4n) is 2.12.